The molecule has 1 aliphatic heterocycles. The van der Waals surface area contributed by atoms with Gasteiger partial charge in [-0.1, -0.05) is 0 Å². The van der Waals surface area contributed by atoms with Crippen LogP contribution in [0.5, 0.6) is 0 Å². The Bertz CT molecular complexity index is 391. The Kier molecular flexibility index (Phi) is 3.40. The molecule has 0 unspecified atom stereocenters. The van der Waals surface area contributed by atoms with E-state index < -0.39 is 23.4 Å². The van der Waals surface area contributed by atoms with Crippen molar-refractivity contribution in [1.29, 1.82) is 0 Å². The number of hydrogen-bond acceptors (Lipinski definition) is 4. The highest BCUT2D eigenvalue weighted by molar-refractivity contribution is 6.19. The molecule has 0 fully saturated rings. The van der Waals surface area contributed by atoms with Gasteiger partial charge in [-0.2, -0.15) is 0 Å². The highest BCUT2D eigenvalue weighted by Crippen LogP contribution is 2.19. The molecule has 2 amide bonds. The Hall–Kier alpha value is -1.65. The van der Waals surface area contributed by atoms with Gasteiger partial charge in [-0.15, -0.1) is 0 Å². The molecule has 0 spiro atoms. The lowest BCUT2D eigenvalue weighted by Gasteiger charge is -2.21. The monoisotopic (exact) mass is 239 g/mol. The average molecular weight is 239 g/mol. The van der Waals surface area contributed by atoms with Crippen molar-refractivity contribution in [3.63, 3.8) is 0 Å². The summed E-state index contributed by atoms with van der Waals surface area (Å²) >= 11 is 0. The van der Waals surface area contributed by atoms with Crippen LogP contribution in [0.25, 0.3) is 0 Å². The molecule has 0 aromatic carbocycles. The normalized spacial score (nSPS) is 16.9. The number of carbonyl (C=O) groups is 3. The maximum atomic E-state index is 11.7. The minimum absolute atomic E-state index is 0.330. The molecule has 5 heteroatoms. The summed E-state index contributed by atoms with van der Waals surface area (Å²) in [5.74, 6) is -1.42. The van der Waals surface area contributed by atoms with Crippen LogP contribution in [0, 0.1) is 0 Å². The molecule has 0 radical (unpaired) electrons. The summed E-state index contributed by atoms with van der Waals surface area (Å²) < 4.78 is 5.06. The second-order valence-electron chi connectivity index (χ2n) is 5.03. The lowest BCUT2D eigenvalue weighted by atomic mass is 10.2. The fourth-order valence-corrected chi connectivity index (χ4v) is 1.46. The van der Waals surface area contributed by atoms with Crippen LogP contribution >= 0.6 is 0 Å². The Morgan fingerprint density at radius 1 is 1.12 bits per heavy atom. The molecule has 0 saturated carbocycles. The zero-order valence-corrected chi connectivity index (χ0v) is 10.8. The van der Waals surface area contributed by atoms with Gasteiger partial charge in [0.05, 0.1) is 0 Å². The van der Waals surface area contributed by atoms with E-state index in [-0.39, 0.29) is 6.54 Å². The third kappa shape index (κ3) is 2.93. The second kappa shape index (κ2) is 4.31. The lowest BCUT2D eigenvalue weighted by molar-refractivity contribution is -0.160. The number of ether oxygens (including phenoxy) is 1. The first-order valence-corrected chi connectivity index (χ1v) is 5.39. The highest BCUT2D eigenvalue weighted by Gasteiger charge is 2.35. The van der Waals surface area contributed by atoms with Crippen molar-refractivity contribution >= 4 is 17.8 Å². The van der Waals surface area contributed by atoms with Crippen molar-refractivity contribution < 1.29 is 19.1 Å². The molecule has 1 aliphatic rings. The van der Waals surface area contributed by atoms with E-state index >= 15 is 0 Å². The molecule has 0 atom stereocenters. The van der Waals surface area contributed by atoms with Crippen LogP contribution in [0.4, 0.5) is 0 Å². The Labute approximate surface area is 100 Å². The van der Waals surface area contributed by atoms with Gasteiger partial charge in [-0.25, -0.2) is 0 Å². The summed E-state index contributed by atoms with van der Waals surface area (Å²) in [5.41, 5.74) is 0.151. The highest BCUT2D eigenvalue weighted by atomic mass is 16.6. The number of rotatable bonds is 2. The summed E-state index contributed by atoms with van der Waals surface area (Å²) in [6, 6.07) is 0. The van der Waals surface area contributed by atoms with Crippen LogP contribution in [-0.4, -0.2) is 34.8 Å². The predicted octanol–water partition coefficient (Wildman–Crippen LogP) is 1.03. The first kappa shape index (κ1) is 13.4. The fourth-order valence-electron chi connectivity index (χ4n) is 1.46. The molecule has 0 saturated heterocycles. The summed E-state index contributed by atoms with van der Waals surface area (Å²) in [6.07, 6.45) is 0. The maximum Gasteiger partial charge on any atom is 0.326 e. The average Bonchev–Trinajstić information content (AvgIpc) is 2.33. The van der Waals surface area contributed by atoms with Crippen LogP contribution < -0.4 is 0 Å². The summed E-state index contributed by atoms with van der Waals surface area (Å²) in [7, 11) is 0. The van der Waals surface area contributed by atoms with Gasteiger partial charge in [-0.05, 0) is 34.6 Å². The molecule has 0 bridgehead atoms. The molecule has 1 heterocycles. The molecular formula is C12H17NO4. The zero-order valence-electron chi connectivity index (χ0n) is 10.8. The van der Waals surface area contributed by atoms with Crippen molar-refractivity contribution in [1.82, 2.24) is 4.90 Å². The van der Waals surface area contributed by atoms with Gasteiger partial charge in [0.2, 0.25) is 0 Å². The summed E-state index contributed by atoms with van der Waals surface area (Å²) in [5, 5.41) is 0. The molecule has 5 nitrogen and oxygen atoms in total. The molecule has 17 heavy (non-hydrogen) atoms. The Balaban J connectivity index is 2.70. The van der Waals surface area contributed by atoms with Crippen molar-refractivity contribution in [2.45, 2.75) is 40.2 Å². The van der Waals surface area contributed by atoms with E-state index in [2.05, 4.69) is 0 Å². The number of imide groups is 1. The van der Waals surface area contributed by atoms with Gasteiger partial charge in [0.15, 0.2) is 0 Å². The smallest absolute Gasteiger partial charge is 0.326 e. The molecule has 1 rings (SSSR count). The van der Waals surface area contributed by atoms with Gasteiger partial charge >= 0.3 is 5.97 Å². The van der Waals surface area contributed by atoms with Crippen molar-refractivity contribution in [3.8, 4) is 0 Å². The van der Waals surface area contributed by atoms with Crippen LogP contribution in [-0.2, 0) is 19.1 Å². The van der Waals surface area contributed by atoms with E-state index in [9.17, 15) is 14.4 Å². The topological polar surface area (TPSA) is 63.7 Å². The fraction of sp³-hybridized carbons (Fsp3) is 0.583. The number of carbonyl (C=O) groups excluding carboxylic acids is 3. The van der Waals surface area contributed by atoms with Gasteiger partial charge < -0.3 is 4.74 Å². The van der Waals surface area contributed by atoms with Gasteiger partial charge in [0.1, 0.15) is 12.1 Å². The zero-order chi connectivity index (χ0) is 13.4. The summed E-state index contributed by atoms with van der Waals surface area (Å²) in [4.78, 5) is 35.8. The van der Waals surface area contributed by atoms with Gasteiger partial charge in [0, 0.05) is 11.1 Å². The maximum absolute atomic E-state index is 11.7. The molecule has 0 aromatic rings. The molecular weight excluding hydrogens is 222 g/mol. The predicted molar refractivity (Wildman–Crippen MR) is 60.9 cm³/mol. The van der Waals surface area contributed by atoms with Gasteiger partial charge in [0.25, 0.3) is 11.8 Å². The molecule has 0 aliphatic carbocycles. The van der Waals surface area contributed by atoms with Crippen LogP contribution in [0.2, 0.25) is 0 Å². The first-order valence-electron chi connectivity index (χ1n) is 5.39. The summed E-state index contributed by atoms with van der Waals surface area (Å²) in [6.45, 7) is 8.01. The van der Waals surface area contributed by atoms with E-state index in [1.54, 1.807) is 34.6 Å². The molecule has 0 N–H and O–H groups in total. The Morgan fingerprint density at radius 2 is 1.53 bits per heavy atom. The standard InChI is InChI=1S/C12H17NO4/c1-7-8(2)11(16)13(10(7)15)6-9(14)17-12(3,4)5/h6H2,1-5H3. The van der Waals surface area contributed by atoms with E-state index in [1.807, 2.05) is 0 Å². The van der Waals surface area contributed by atoms with Crippen LogP contribution in [0.15, 0.2) is 11.1 Å². The number of amides is 2. The molecule has 0 aromatic heterocycles. The van der Waals surface area contributed by atoms with Gasteiger partial charge in [-0.3, -0.25) is 19.3 Å². The number of esters is 1. The Morgan fingerprint density at radius 3 is 1.88 bits per heavy atom. The van der Waals surface area contributed by atoms with E-state index in [1.165, 1.54) is 0 Å². The SMILES string of the molecule is CC1=C(C)C(=O)N(CC(=O)OC(C)(C)C)C1=O. The van der Waals surface area contributed by atoms with Crippen LogP contribution in [0.3, 0.4) is 0 Å². The number of hydrogen-bond donors (Lipinski definition) is 0. The van der Waals surface area contributed by atoms with Crippen molar-refractivity contribution in [2.75, 3.05) is 6.54 Å². The third-order valence-corrected chi connectivity index (χ3v) is 2.40. The minimum atomic E-state index is -0.625. The van der Waals surface area contributed by atoms with Crippen LogP contribution in [0.1, 0.15) is 34.6 Å². The quantitative estimate of drug-likeness (QED) is 0.533. The van der Waals surface area contributed by atoms with E-state index in [4.69, 9.17) is 4.74 Å². The minimum Gasteiger partial charge on any atom is -0.459 e. The van der Waals surface area contributed by atoms with E-state index in [0.29, 0.717) is 11.1 Å². The van der Waals surface area contributed by atoms with E-state index in [0.717, 1.165) is 4.90 Å². The lowest BCUT2D eigenvalue weighted by Crippen LogP contribution is -2.39. The molecule has 94 valence electrons. The second-order valence-corrected chi connectivity index (χ2v) is 5.03. The number of nitrogens with zero attached hydrogens (tertiary/aromatic N) is 1. The van der Waals surface area contributed by atoms with Crippen molar-refractivity contribution in [3.05, 3.63) is 11.1 Å². The van der Waals surface area contributed by atoms with Crippen molar-refractivity contribution in [2.24, 2.45) is 0 Å². The third-order valence-electron chi connectivity index (χ3n) is 2.40. The first-order chi connectivity index (χ1) is 7.63. The largest absolute Gasteiger partial charge is 0.459 e.